The quantitative estimate of drug-likeness (QED) is 0.674. The van der Waals surface area contributed by atoms with Crippen molar-refractivity contribution in [3.05, 3.63) is 71.1 Å². The maximum Gasteiger partial charge on any atom is 0.303 e. The van der Waals surface area contributed by atoms with Gasteiger partial charge in [0.2, 0.25) is 0 Å². The monoisotopic (exact) mass is 353 g/mol. The van der Waals surface area contributed by atoms with Crippen molar-refractivity contribution in [2.75, 3.05) is 0 Å². The first-order valence-electron chi connectivity index (χ1n) is 9.23. The van der Waals surface area contributed by atoms with Crippen molar-refractivity contribution in [2.24, 2.45) is 0 Å². The normalized spacial score (nSPS) is 12.4. The van der Waals surface area contributed by atoms with Crippen molar-refractivity contribution < 1.29 is 21.9 Å². The first kappa shape index (κ1) is 15.2. The fourth-order valence-electron chi connectivity index (χ4n) is 2.76. The number of benzene rings is 2. The van der Waals surface area contributed by atoms with Gasteiger partial charge < -0.3 is 14.4 Å². The Balaban J connectivity index is 1.66. The molecule has 0 spiro atoms. The van der Waals surface area contributed by atoms with E-state index in [0.29, 0.717) is 17.9 Å². The van der Waals surface area contributed by atoms with Gasteiger partial charge in [-0.3, -0.25) is 4.79 Å². The summed E-state index contributed by atoms with van der Waals surface area (Å²) in [7, 11) is 0. The van der Waals surface area contributed by atoms with Crippen LogP contribution in [0, 0.1) is 13.8 Å². The van der Waals surface area contributed by atoms with E-state index >= 15 is 0 Å². The zero-order valence-corrected chi connectivity index (χ0v) is 14.7. The lowest BCUT2D eigenvalue weighted by molar-refractivity contribution is -0.136. The number of hydrogen-bond acceptors (Lipinski definition) is 4. The molecule has 3 aromatic rings. The Hall–Kier alpha value is -3.08. The number of carboxylic acid groups (broad SMARTS) is 1. The van der Waals surface area contributed by atoms with Crippen molar-refractivity contribution >= 4 is 5.97 Å². The van der Waals surface area contributed by atoms with Gasteiger partial charge in [-0.1, -0.05) is 35.5 Å². The zero-order valence-electron chi connectivity index (χ0n) is 16.7. The van der Waals surface area contributed by atoms with Gasteiger partial charge in [0.15, 0.2) is 0 Å². The van der Waals surface area contributed by atoms with Gasteiger partial charge in [0.1, 0.15) is 18.1 Å². The Kier molecular flexibility index (Phi) is 4.60. The lowest BCUT2D eigenvalue weighted by Crippen LogP contribution is -1.98. The molecule has 1 N–H and O–H groups in total. The van der Waals surface area contributed by atoms with Gasteiger partial charge in [0.05, 0.1) is 5.69 Å². The predicted molar refractivity (Wildman–Crippen MR) is 98.1 cm³/mol. The molecule has 3 rings (SSSR count). The maximum atomic E-state index is 10.9. The number of aryl methyl sites for hydroxylation is 3. The van der Waals surface area contributed by atoms with Gasteiger partial charge >= 0.3 is 5.97 Å². The van der Waals surface area contributed by atoms with E-state index in [2.05, 4.69) is 5.16 Å². The molecule has 0 aliphatic carbocycles. The van der Waals surface area contributed by atoms with Gasteiger partial charge in [0.25, 0.3) is 0 Å². The summed E-state index contributed by atoms with van der Waals surface area (Å²) < 4.78 is 26.0. The van der Waals surface area contributed by atoms with Crippen LogP contribution in [0.15, 0.2) is 53.1 Å². The third kappa shape index (κ3) is 4.30. The summed E-state index contributed by atoms with van der Waals surface area (Å²) in [6.07, 6.45) is -2.48. The van der Waals surface area contributed by atoms with Crippen molar-refractivity contribution in [1.82, 2.24) is 5.16 Å². The van der Waals surface area contributed by atoms with E-state index in [0.717, 1.165) is 28.1 Å². The van der Waals surface area contributed by atoms with Gasteiger partial charge in [-0.2, -0.15) is 0 Å². The molecule has 0 radical (unpaired) electrons. The minimum atomic E-state index is -2.29. The molecule has 0 saturated heterocycles. The fourth-order valence-corrected chi connectivity index (χ4v) is 2.76. The number of ether oxygens (including phenoxy) is 1. The van der Waals surface area contributed by atoms with Crippen LogP contribution in [0.2, 0.25) is 0 Å². The van der Waals surface area contributed by atoms with Crippen molar-refractivity contribution in [1.29, 1.82) is 0 Å². The molecule has 1 heterocycles. The molecule has 0 aliphatic heterocycles. The molecule has 0 amide bonds. The van der Waals surface area contributed by atoms with E-state index in [1.54, 1.807) is 24.3 Å². The fraction of sp³-hybridized carbons (Fsp3) is 0.238. The topological polar surface area (TPSA) is 72.6 Å². The van der Waals surface area contributed by atoms with E-state index < -0.39 is 12.3 Å². The van der Waals surface area contributed by atoms with Crippen molar-refractivity contribution in [3.8, 4) is 16.9 Å². The summed E-state index contributed by atoms with van der Waals surface area (Å²) in [4.78, 5) is 10.9. The van der Waals surface area contributed by atoms with Crippen molar-refractivity contribution in [2.45, 2.75) is 33.2 Å². The van der Waals surface area contributed by atoms with Crippen LogP contribution < -0.4 is 4.74 Å². The lowest BCUT2D eigenvalue weighted by atomic mass is 10.0. The largest absolute Gasteiger partial charge is 0.489 e. The Morgan fingerprint density at radius 1 is 1.19 bits per heavy atom. The standard InChI is InChI=1S/C21H21NO4/c1-14-21(15(2)26-22-14)18-5-3-4-17(12-18)13-25-19-9-6-16(7-10-19)8-11-20(23)24/h3-7,9-10,12H,8,11,13H2,1-2H3,(H,23,24)/i11D2. The highest BCUT2D eigenvalue weighted by molar-refractivity contribution is 5.68. The van der Waals surface area contributed by atoms with E-state index in [9.17, 15) is 4.79 Å². The highest BCUT2D eigenvalue weighted by atomic mass is 16.5. The van der Waals surface area contributed by atoms with Crippen LogP contribution in [0.25, 0.3) is 11.1 Å². The Morgan fingerprint density at radius 3 is 2.62 bits per heavy atom. The number of nitrogens with zero attached hydrogens (tertiary/aromatic N) is 1. The zero-order chi connectivity index (χ0) is 20.3. The first-order chi connectivity index (χ1) is 13.3. The third-order valence-electron chi connectivity index (χ3n) is 4.02. The van der Waals surface area contributed by atoms with Gasteiger partial charge in [0, 0.05) is 14.7 Å². The summed E-state index contributed by atoms with van der Waals surface area (Å²) in [6.45, 7) is 4.16. The van der Waals surface area contributed by atoms with E-state index in [-0.39, 0.29) is 6.42 Å². The van der Waals surface area contributed by atoms with E-state index in [1.807, 2.05) is 38.1 Å². The van der Waals surface area contributed by atoms with Crippen LogP contribution >= 0.6 is 0 Å². The smallest absolute Gasteiger partial charge is 0.303 e. The van der Waals surface area contributed by atoms with Gasteiger partial charge in [-0.25, -0.2) is 0 Å². The number of aliphatic carboxylic acids is 1. The molecule has 134 valence electrons. The summed E-state index contributed by atoms with van der Waals surface area (Å²) in [5.41, 5.74) is 4.43. The average molecular weight is 353 g/mol. The molecule has 0 unspecified atom stereocenters. The second-order valence-electron chi connectivity index (χ2n) is 5.99. The number of carboxylic acids is 1. The van der Waals surface area contributed by atoms with Crippen LogP contribution in [0.3, 0.4) is 0 Å². The second kappa shape index (κ2) is 7.87. The molecule has 0 atom stereocenters. The molecule has 0 saturated carbocycles. The highest BCUT2D eigenvalue weighted by Gasteiger charge is 2.11. The molecule has 26 heavy (non-hydrogen) atoms. The van der Waals surface area contributed by atoms with Crippen LogP contribution in [-0.4, -0.2) is 16.2 Å². The first-order valence-corrected chi connectivity index (χ1v) is 8.23. The minimum absolute atomic E-state index is 0.192. The minimum Gasteiger partial charge on any atom is -0.489 e. The maximum absolute atomic E-state index is 10.9. The Bertz CT molecular complexity index is 961. The number of rotatable bonds is 7. The molecular formula is C21H21NO4. The van der Waals surface area contributed by atoms with Crippen LogP contribution in [-0.2, 0) is 17.8 Å². The molecule has 5 nitrogen and oxygen atoms in total. The number of carbonyl (C=O) groups is 1. The van der Waals surface area contributed by atoms with E-state index in [1.165, 1.54) is 0 Å². The summed E-state index contributed by atoms with van der Waals surface area (Å²) in [5, 5.41) is 12.9. The summed E-state index contributed by atoms with van der Waals surface area (Å²) in [5.74, 6) is -0.0687. The van der Waals surface area contributed by atoms with Crippen LogP contribution in [0.4, 0.5) is 0 Å². The average Bonchev–Trinajstić information content (AvgIpc) is 2.99. The third-order valence-corrected chi connectivity index (χ3v) is 4.02. The highest BCUT2D eigenvalue weighted by Crippen LogP contribution is 2.27. The van der Waals surface area contributed by atoms with Gasteiger partial charge in [-0.15, -0.1) is 0 Å². The molecule has 1 aromatic heterocycles. The van der Waals surface area contributed by atoms with Crippen molar-refractivity contribution in [3.63, 3.8) is 0 Å². The van der Waals surface area contributed by atoms with E-state index in [4.69, 9.17) is 17.1 Å². The Morgan fingerprint density at radius 2 is 1.96 bits per heavy atom. The molecule has 0 aliphatic rings. The Labute approximate surface area is 155 Å². The second-order valence-corrected chi connectivity index (χ2v) is 5.99. The molecule has 5 heteroatoms. The SMILES string of the molecule is [2H]C([2H])(Cc1ccc(OCc2cccc(-c3c(C)noc3C)c2)cc1)C(=O)O. The van der Waals surface area contributed by atoms with Gasteiger partial charge in [-0.05, 0) is 55.2 Å². The molecule has 2 aromatic carbocycles. The molecule has 0 fully saturated rings. The number of aromatic nitrogens is 1. The van der Waals surface area contributed by atoms with Crippen LogP contribution in [0.5, 0.6) is 5.75 Å². The predicted octanol–water partition coefficient (Wildman–Crippen LogP) is 4.55. The van der Waals surface area contributed by atoms with Crippen LogP contribution in [0.1, 0.15) is 31.7 Å². The number of hydrogen-bond donors (Lipinski definition) is 1. The molecule has 0 bridgehead atoms. The molecular weight excluding hydrogens is 330 g/mol. The summed E-state index contributed by atoms with van der Waals surface area (Å²) >= 11 is 0. The summed E-state index contributed by atoms with van der Waals surface area (Å²) in [6, 6.07) is 14.7. The lowest BCUT2D eigenvalue weighted by Gasteiger charge is -2.09.